The van der Waals surface area contributed by atoms with Gasteiger partial charge in [-0.15, -0.1) is 0 Å². The zero-order valence-corrected chi connectivity index (χ0v) is 12.5. The van der Waals surface area contributed by atoms with Gasteiger partial charge in [0.25, 0.3) is 5.91 Å². The monoisotopic (exact) mass is 271 g/mol. The van der Waals surface area contributed by atoms with Crippen LogP contribution in [0.3, 0.4) is 0 Å². The molecular formula is C16H21N3O. The number of aryl methyl sites for hydroxylation is 2. The Morgan fingerprint density at radius 3 is 2.55 bits per heavy atom. The van der Waals surface area contributed by atoms with Crippen molar-refractivity contribution in [3.8, 4) is 0 Å². The number of hydrogen-bond donors (Lipinski definition) is 1. The Hall–Kier alpha value is -2.10. The fraction of sp³-hybridized carbons (Fsp3) is 0.375. The van der Waals surface area contributed by atoms with Gasteiger partial charge < -0.3 is 5.32 Å². The standard InChI is InChI=1S/C16H21N3O/c1-5-14-12(3)18-19(13(14)4)16(20)10-17-15-9-7-6-8-11(15)2/h6-9,17H,5,10H2,1-4H3. The summed E-state index contributed by atoms with van der Waals surface area (Å²) in [5.74, 6) is -0.0337. The van der Waals surface area contributed by atoms with Gasteiger partial charge >= 0.3 is 0 Å². The molecule has 0 atom stereocenters. The van der Waals surface area contributed by atoms with E-state index in [-0.39, 0.29) is 12.5 Å². The molecule has 2 aromatic rings. The first kappa shape index (κ1) is 14.3. The van der Waals surface area contributed by atoms with Gasteiger partial charge in [-0.3, -0.25) is 4.79 Å². The van der Waals surface area contributed by atoms with E-state index in [9.17, 15) is 4.79 Å². The second-order valence-electron chi connectivity index (χ2n) is 4.98. The summed E-state index contributed by atoms with van der Waals surface area (Å²) in [4.78, 5) is 12.3. The van der Waals surface area contributed by atoms with Gasteiger partial charge in [-0.1, -0.05) is 25.1 Å². The quantitative estimate of drug-likeness (QED) is 0.929. The molecule has 0 aliphatic heterocycles. The highest BCUT2D eigenvalue weighted by atomic mass is 16.2. The molecule has 0 amide bonds. The predicted molar refractivity (Wildman–Crippen MR) is 81.4 cm³/mol. The van der Waals surface area contributed by atoms with E-state index in [2.05, 4.69) is 17.3 Å². The molecule has 0 aliphatic rings. The fourth-order valence-corrected chi connectivity index (χ4v) is 2.45. The van der Waals surface area contributed by atoms with Crippen LogP contribution < -0.4 is 5.32 Å². The second kappa shape index (κ2) is 5.90. The molecule has 106 valence electrons. The third kappa shape index (κ3) is 2.74. The molecule has 2 rings (SSSR count). The Bertz CT molecular complexity index is 629. The zero-order chi connectivity index (χ0) is 14.7. The minimum absolute atomic E-state index is 0.0337. The molecule has 0 aliphatic carbocycles. The average molecular weight is 271 g/mol. The lowest BCUT2D eigenvalue weighted by atomic mass is 10.1. The Balaban J connectivity index is 2.12. The molecule has 0 radical (unpaired) electrons. The number of benzene rings is 1. The van der Waals surface area contributed by atoms with Gasteiger partial charge in [0.1, 0.15) is 0 Å². The summed E-state index contributed by atoms with van der Waals surface area (Å²) in [7, 11) is 0. The third-order valence-corrected chi connectivity index (χ3v) is 3.61. The van der Waals surface area contributed by atoms with Crippen LogP contribution in [0.4, 0.5) is 5.69 Å². The van der Waals surface area contributed by atoms with E-state index < -0.39 is 0 Å². The van der Waals surface area contributed by atoms with E-state index in [0.717, 1.165) is 34.6 Å². The van der Waals surface area contributed by atoms with Crippen molar-refractivity contribution in [3.05, 3.63) is 46.8 Å². The molecule has 4 heteroatoms. The van der Waals surface area contributed by atoms with E-state index >= 15 is 0 Å². The zero-order valence-electron chi connectivity index (χ0n) is 12.5. The minimum Gasteiger partial charge on any atom is -0.376 e. The van der Waals surface area contributed by atoms with Crippen LogP contribution in [0.2, 0.25) is 0 Å². The van der Waals surface area contributed by atoms with Gasteiger partial charge in [0.15, 0.2) is 0 Å². The van der Waals surface area contributed by atoms with E-state index in [1.54, 1.807) is 0 Å². The maximum Gasteiger partial charge on any atom is 0.266 e. The number of anilines is 1. The molecule has 1 aromatic carbocycles. The molecule has 0 spiro atoms. The van der Waals surface area contributed by atoms with Crippen molar-refractivity contribution in [2.75, 3.05) is 11.9 Å². The number of para-hydroxylation sites is 1. The molecule has 1 N–H and O–H groups in total. The number of carbonyl (C=O) groups is 1. The molecular weight excluding hydrogens is 250 g/mol. The van der Waals surface area contributed by atoms with E-state index in [0.29, 0.717) is 0 Å². The lowest BCUT2D eigenvalue weighted by Gasteiger charge is -2.09. The van der Waals surface area contributed by atoms with Crippen LogP contribution in [-0.2, 0) is 6.42 Å². The summed E-state index contributed by atoms with van der Waals surface area (Å²) in [6, 6.07) is 7.93. The van der Waals surface area contributed by atoms with Gasteiger partial charge in [-0.05, 0) is 44.4 Å². The topological polar surface area (TPSA) is 46.9 Å². The van der Waals surface area contributed by atoms with Crippen molar-refractivity contribution in [1.82, 2.24) is 9.78 Å². The first-order chi connectivity index (χ1) is 9.54. The first-order valence-electron chi connectivity index (χ1n) is 6.92. The van der Waals surface area contributed by atoms with Gasteiger partial charge in [0.2, 0.25) is 0 Å². The van der Waals surface area contributed by atoms with Gasteiger partial charge in [-0.2, -0.15) is 5.10 Å². The van der Waals surface area contributed by atoms with Crippen LogP contribution in [0.25, 0.3) is 0 Å². The molecule has 0 bridgehead atoms. The normalized spacial score (nSPS) is 10.6. The largest absolute Gasteiger partial charge is 0.376 e. The maximum atomic E-state index is 12.3. The van der Waals surface area contributed by atoms with E-state index in [4.69, 9.17) is 0 Å². The van der Waals surface area contributed by atoms with E-state index in [1.807, 2.05) is 45.0 Å². The van der Waals surface area contributed by atoms with Crippen LogP contribution in [0.5, 0.6) is 0 Å². The summed E-state index contributed by atoms with van der Waals surface area (Å²) >= 11 is 0. The summed E-state index contributed by atoms with van der Waals surface area (Å²) < 4.78 is 1.51. The highest BCUT2D eigenvalue weighted by molar-refractivity contribution is 5.83. The second-order valence-corrected chi connectivity index (χ2v) is 4.98. The summed E-state index contributed by atoms with van der Waals surface area (Å²) in [6.45, 7) is 8.24. The molecule has 1 heterocycles. The highest BCUT2D eigenvalue weighted by Gasteiger charge is 2.15. The molecule has 0 fully saturated rings. The highest BCUT2D eigenvalue weighted by Crippen LogP contribution is 2.15. The van der Waals surface area contributed by atoms with Crippen molar-refractivity contribution >= 4 is 11.6 Å². The lowest BCUT2D eigenvalue weighted by molar-refractivity contribution is 0.0910. The number of aromatic nitrogens is 2. The minimum atomic E-state index is -0.0337. The van der Waals surface area contributed by atoms with Crippen molar-refractivity contribution in [2.24, 2.45) is 0 Å². The van der Waals surface area contributed by atoms with Crippen LogP contribution in [0.1, 0.15) is 34.2 Å². The van der Waals surface area contributed by atoms with Crippen molar-refractivity contribution in [2.45, 2.75) is 34.1 Å². The number of hydrogen-bond acceptors (Lipinski definition) is 3. The average Bonchev–Trinajstić information content (AvgIpc) is 2.72. The number of carbonyl (C=O) groups excluding carboxylic acids is 1. The summed E-state index contributed by atoms with van der Waals surface area (Å²) in [6.07, 6.45) is 0.899. The first-order valence-corrected chi connectivity index (χ1v) is 6.92. The van der Waals surface area contributed by atoms with Crippen LogP contribution in [0, 0.1) is 20.8 Å². The van der Waals surface area contributed by atoms with Crippen LogP contribution >= 0.6 is 0 Å². The molecule has 0 unspecified atom stereocenters. The SMILES string of the molecule is CCc1c(C)nn(C(=O)CNc2ccccc2C)c1C. The number of rotatable bonds is 4. The Labute approximate surface area is 119 Å². The van der Waals surface area contributed by atoms with Crippen LogP contribution in [0.15, 0.2) is 24.3 Å². The summed E-state index contributed by atoms with van der Waals surface area (Å²) in [5.41, 5.74) is 5.16. The smallest absolute Gasteiger partial charge is 0.266 e. The Kier molecular flexibility index (Phi) is 4.23. The fourth-order valence-electron chi connectivity index (χ4n) is 2.45. The van der Waals surface area contributed by atoms with Gasteiger partial charge in [0, 0.05) is 11.4 Å². The molecule has 4 nitrogen and oxygen atoms in total. The number of nitrogens with zero attached hydrogens (tertiary/aromatic N) is 2. The summed E-state index contributed by atoms with van der Waals surface area (Å²) in [5, 5.41) is 7.52. The Morgan fingerprint density at radius 1 is 1.25 bits per heavy atom. The molecule has 1 aromatic heterocycles. The predicted octanol–water partition coefficient (Wildman–Crippen LogP) is 3.12. The van der Waals surface area contributed by atoms with E-state index in [1.165, 1.54) is 4.68 Å². The molecule has 0 saturated carbocycles. The molecule has 0 saturated heterocycles. The molecule has 20 heavy (non-hydrogen) atoms. The van der Waals surface area contributed by atoms with Crippen LogP contribution in [-0.4, -0.2) is 22.2 Å². The lowest BCUT2D eigenvalue weighted by Crippen LogP contribution is -2.23. The Morgan fingerprint density at radius 2 is 1.95 bits per heavy atom. The van der Waals surface area contributed by atoms with Crippen molar-refractivity contribution in [1.29, 1.82) is 0 Å². The van der Waals surface area contributed by atoms with Gasteiger partial charge in [0.05, 0.1) is 12.2 Å². The number of nitrogens with one attached hydrogen (secondary N) is 1. The van der Waals surface area contributed by atoms with Gasteiger partial charge in [-0.25, -0.2) is 4.68 Å². The third-order valence-electron chi connectivity index (χ3n) is 3.61. The van der Waals surface area contributed by atoms with Crippen molar-refractivity contribution in [3.63, 3.8) is 0 Å². The van der Waals surface area contributed by atoms with Crippen molar-refractivity contribution < 1.29 is 4.79 Å². The maximum absolute atomic E-state index is 12.3.